The molecule has 0 aliphatic carbocycles. The number of hydrogen-bond acceptors (Lipinski definition) is 6. The molecule has 0 spiro atoms. The van der Waals surface area contributed by atoms with Crippen LogP contribution in [-0.4, -0.2) is 36.6 Å². The van der Waals surface area contributed by atoms with Crippen molar-refractivity contribution in [3.63, 3.8) is 0 Å². The Balaban J connectivity index is 1.78. The first-order chi connectivity index (χ1) is 10.1. The maximum Gasteiger partial charge on any atom is 0.298 e. The highest BCUT2D eigenvalue weighted by molar-refractivity contribution is 5.77. The van der Waals surface area contributed by atoms with Crippen LogP contribution in [0.2, 0.25) is 0 Å². The largest absolute Gasteiger partial charge is 0.423 e. The van der Waals surface area contributed by atoms with Gasteiger partial charge in [-0.05, 0) is 37.9 Å². The Morgan fingerprint density at radius 2 is 2.24 bits per heavy atom. The number of non-ortho nitro benzene ring substituents is 1. The molecule has 1 saturated heterocycles. The van der Waals surface area contributed by atoms with Crippen LogP contribution < -0.4 is 10.2 Å². The SMILES string of the molecule is CN(CC1CCNCC1)c1nc2cc([N+](=O)[O-])ccc2o1. The molecule has 112 valence electrons. The fraction of sp³-hybridized carbons (Fsp3) is 0.500. The number of nitrogens with zero attached hydrogens (tertiary/aromatic N) is 3. The van der Waals surface area contributed by atoms with Gasteiger partial charge < -0.3 is 14.6 Å². The van der Waals surface area contributed by atoms with Crippen molar-refractivity contribution >= 4 is 22.8 Å². The molecular formula is C14H18N4O3. The summed E-state index contributed by atoms with van der Waals surface area (Å²) in [6, 6.07) is 5.00. The van der Waals surface area contributed by atoms with E-state index in [9.17, 15) is 10.1 Å². The van der Waals surface area contributed by atoms with Crippen molar-refractivity contribution in [1.82, 2.24) is 10.3 Å². The van der Waals surface area contributed by atoms with E-state index in [1.165, 1.54) is 12.1 Å². The van der Waals surface area contributed by atoms with Gasteiger partial charge in [-0.25, -0.2) is 0 Å². The number of oxazole rings is 1. The molecule has 2 heterocycles. The maximum absolute atomic E-state index is 10.8. The summed E-state index contributed by atoms with van der Waals surface area (Å²) in [6.07, 6.45) is 2.30. The van der Waals surface area contributed by atoms with Crippen LogP contribution in [0.1, 0.15) is 12.8 Å². The lowest BCUT2D eigenvalue weighted by Gasteiger charge is -2.26. The molecule has 0 amide bonds. The molecule has 7 heteroatoms. The summed E-state index contributed by atoms with van der Waals surface area (Å²) >= 11 is 0. The molecule has 1 aliphatic rings. The Morgan fingerprint density at radius 1 is 1.48 bits per heavy atom. The van der Waals surface area contributed by atoms with Gasteiger partial charge in [0, 0.05) is 25.7 Å². The first kappa shape index (κ1) is 13.8. The van der Waals surface area contributed by atoms with E-state index in [1.807, 2.05) is 11.9 Å². The van der Waals surface area contributed by atoms with Gasteiger partial charge in [-0.2, -0.15) is 4.98 Å². The van der Waals surface area contributed by atoms with Crippen LogP contribution in [-0.2, 0) is 0 Å². The second kappa shape index (κ2) is 5.69. The zero-order valence-electron chi connectivity index (χ0n) is 11.9. The third kappa shape index (κ3) is 2.97. The summed E-state index contributed by atoms with van der Waals surface area (Å²) in [5.41, 5.74) is 1.13. The molecule has 2 aromatic rings. The molecule has 1 aromatic heterocycles. The minimum atomic E-state index is -0.424. The normalized spacial score (nSPS) is 16.2. The first-order valence-corrected chi connectivity index (χ1v) is 7.10. The highest BCUT2D eigenvalue weighted by Crippen LogP contribution is 2.26. The van der Waals surface area contributed by atoms with Gasteiger partial charge in [0.15, 0.2) is 5.58 Å². The molecular weight excluding hydrogens is 272 g/mol. The number of aromatic nitrogens is 1. The van der Waals surface area contributed by atoms with Gasteiger partial charge >= 0.3 is 0 Å². The molecule has 1 aliphatic heterocycles. The van der Waals surface area contributed by atoms with Crippen molar-refractivity contribution in [3.8, 4) is 0 Å². The number of piperidine rings is 1. The molecule has 21 heavy (non-hydrogen) atoms. The van der Waals surface area contributed by atoms with Gasteiger partial charge in [-0.15, -0.1) is 0 Å². The Labute approximate surface area is 122 Å². The van der Waals surface area contributed by atoms with Crippen LogP contribution in [0.4, 0.5) is 11.7 Å². The van der Waals surface area contributed by atoms with Gasteiger partial charge in [0.1, 0.15) is 5.52 Å². The predicted octanol–water partition coefficient (Wildman–Crippen LogP) is 2.17. The van der Waals surface area contributed by atoms with Crippen molar-refractivity contribution in [1.29, 1.82) is 0 Å². The minimum Gasteiger partial charge on any atom is -0.423 e. The number of nitro benzene ring substituents is 1. The van der Waals surface area contributed by atoms with Crippen molar-refractivity contribution < 1.29 is 9.34 Å². The van der Waals surface area contributed by atoms with Crippen LogP contribution in [0.5, 0.6) is 0 Å². The number of fused-ring (bicyclic) bond motifs is 1. The number of nitrogens with one attached hydrogen (secondary N) is 1. The predicted molar refractivity (Wildman–Crippen MR) is 79.5 cm³/mol. The van der Waals surface area contributed by atoms with E-state index in [0.717, 1.165) is 32.5 Å². The highest BCUT2D eigenvalue weighted by atomic mass is 16.6. The van der Waals surface area contributed by atoms with Crippen LogP contribution in [0.15, 0.2) is 22.6 Å². The van der Waals surface area contributed by atoms with Gasteiger partial charge in [-0.1, -0.05) is 0 Å². The van der Waals surface area contributed by atoms with Crippen molar-refractivity contribution in [3.05, 3.63) is 28.3 Å². The molecule has 1 N–H and O–H groups in total. The maximum atomic E-state index is 10.8. The first-order valence-electron chi connectivity index (χ1n) is 7.10. The Hall–Kier alpha value is -2.15. The lowest BCUT2D eigenvalue weighted by molar-refractivity contribution is -0.384. The van der Waals surface area contributed by atoms with Crippen molar-refractivity contribution in [2.24, 2.45) is 5.92 Å². The molecule has 1 fully saturated rings. The molecule has 1 aromatic carbocycles. The number of nitro groups is 1. The van der Waals surface area contributed by atoms with E-state index in [0.29, 0.717) is 23.0 Å². The Kier molecular flexibility index (Phi) is 3.74. The van der Waals surface area contributed by atoms with E-state index in [2.05, 4.69) is 10.3 Å². The Morgan fingerprint density at radius 3 is 2.95 bits per heavy atom. The zero-order valence-corrected chi connectivity index (χ0v) is 11.9. The topological polar surface area (TPSA) is 84.4 Å². The molecule has 0 radical (unpaired) electrons. The van der Waals surface area contributed by atoms with Gasteiger partial charge in [0.2, 0.25) is 0 Å². The van der Waals surface area contributed by atoms with Gasteiger partial charge in [-0.3, -0.25) is 10.1 Å². The smallest absolute Gasteiger partial charge is 0.298 e. The summed E-state index contributed by atoms with van der Waals surface area (Å²) in [4.78, 5) is 16.7. The average Bonchev–Trinajstić information content (AvgIpc) is 2.91. The monoisotopic (exact) mass is 290 g/mol. The fourth-order valence-corrected chi connectivity index (χ4v) is 2.71. The minimum absolute atomic E-state index is 0.0309. The lowest BCUT2D eigenvalue weighted by Crippen LogP contribution is -2.34. The number of rotatable bonds is 4. The van der Waals surface area contributed by atoms with Crippen LogP contribution in [0.25, 0.3) is 11.1 Å². The fourth-order valence-electron chi connectivity index (χ4n) is 2.71. The summed E-state index contributed by atoms with van der Waals surface area (Å²) < 4.78 is 5.68. The zero-order chi connectivity index (χ0) is 14.8. The van der Waals surface area contributed by atoms with Crippen molar-refractivity contribution in [2.75, 3.05) is 31.6 Å². The average molecular weight is 290 g/mol. The standard InChI is InChI=1S/C14H18N4O3/c1-17(9-10-4-6-15-7-5-10)14-16-12-8-11(18(19)20)2-3-13(12)21-14/h2-3,8,10,15H,4-7,9H2,1H3. The van der Waals surface area contributed by atoms with Gasteiger partial charge in [0.05, 0.1) is 4.92 Å². The molecule has 3 rings (SSSR count). The van der Waals surface area contributed by atoms with Crippen molar-refractivity contribution in [2.45, 2.75) is 12.8 Å². The third-order valence-electron chi connectivity index (χ3n) is 3.89. The second-order valence-corrected chi connectivity index (χ2v) is 5.48. The number of hydrogen-bond donors (Lipinski definition) is 1. The van der Waals surface area contributed by atoms with E-state index in [1.54, 1.807) is 6.07 Å². The van der Waals surface area contributed by atoms with Gasteiger partial charge in [0.25, 0.3) is 11.7 Å². The quantitative estimate of drug-likeness (QED) is 0.686. The number of anilines is 1. The summed E-state index contributed by atoms with van der Waals surface area (Å²) in [5.74, 6) is 0.626. The molecule has 0 bridgehead atoms. The lowest BCUT2D eigenvalue weighted by atomic mass is 9.98. The molecule has 0 unspecified atom stereocenters. The molecule has 7 nitrogen and oxygen atoms in total. The Bertz CT molecular complexity index is 649. The van der Waals surface area contributed by atoms with Crippen LogP contribution >= 0.6 is 0 Å². The van der Waals surface area contributed by atoms with Crippen LogP contribution in [0.3, 0.4) is 0 Å². The summed E-state index contributed by atoms with van der Waals surface area (Å²) in [6.45, 7) is 2.99. The van der Waals surface area contributed by atoms with E-state index in [-0.39, 0.29) is 5.69 Å². The summed E-state index contributed by atoms with van der Waals surface area (Å²) in [5, 5.41) is 14.1. The van der Waals surface area contributed by atoms with Crippen LogP contribution in [0, 0.1) is 16.0 Å². The molecule has 0 saturated carbocycles. The third-order valence-corrected chi connectivity index (χ3v) is 3.89. The van der Waals surface area contributed by atoms with E-state index < -0.39 is 4.92 Å². The highest BCUT2D eigenvalue weighted by Gasteiger charge is 2.19. The van der Waals surface area contributed by atoms with E-state index >= 15 is 0 Å². The number of benzene rings is 1. The van der Waals surface area contributed by atoms with E-state index in [4.69, 9.17) is 4.42 Å². The summed E-state index contributed by atoms with van der Waals surface area (Å²) in [7, 11) is 1.95. The second-order valence-electron chi connectivity index (χ2n) is 5.48. The molecule has 0 atom stereocenters.